The van der Waals surface area contributed by atoms with Crippen LogP contribution in [0.3, 0.4) is 0 Å². The van der Waals surface area contributed by atoms with Gasteiger partial charge < -0.3 is 10.5 Å². The van der Waals surface area contributed by atoms with Crippen molar-refractivity contribution in [3.8, 4) is 0 Å². The van der Waals surface area contributed by atoms with Crippen molar-refractivity contribution in [3.05, 3.63) is 34.9 Å². The number of methoxy groups -OCH3 is 1. The van der Waals surface area contributed by atoms with E-state index in [9.17, 15) is 4.79 Å². The number of hydrogen-bond acceptors (Lipinski definition) is 3. The molecule has 1 aromatic carbocycles. The molecule has 17 heavy (non-hydrogen) atoms. The summed E-state index contributed by atoms with van der Waals surface area (Å²) in [7, 11) is 1.64. The van der Waals surface area contributed by atoms with Crippen molar-refractivity contribution in [2.45, 2.75) is 25.3 Å². The van der Waals surface area contributed by atoms with Crippen molar-refractivity contribution < 1.29 is 9.53 Å². The van der Waals surface area contributed by atoms with Crippen molar-refractivity contribution in [3.63, 3.8) is 0 Å². The van der Waals surface area contributed by atoms with Gasteiger partial charge in [-0.2, -0.15) is 0 Å². The lowest BCUT2D eigenvalue weighted by Gasteiger charge is -2.10. The molecule has 0 fully saturated rings. The summed E-state index contributed by atoms with van der Waals surface area (Å²) in [6, 6.07) is 6.91. The average molecular weight is 256 g/mol. The number of halogens is 1. The largest absolute Gasteiger partial charge is 0.385 e. The molecular formula is C13H18ClNO2. The predicted octanol–water partition coefficient (Wildman–Crippen LogP) is 2.21. The zero-order valence-electron chi connectivity index (χ0n) is 9.99. The Kier molecular flexibility index (Phi) is 6.19. The van der Waals surface area contributed by atoms with Crippen molar-refractivity contribution in [2.75, 3.05) is 13.7 Å². The number of ether oxygens (including phenoxy) is 1. The van der Waals surface area contributed by atoms with Gasteiger partial charge in [0.15, 0.2) is 5.78 Å². The number of carbonyl (C=O) groups is 1. The molecule has 0 amide bonds. The van der Waals surface area contributed by atoms with Gasteiger partial charge >= 0.3 is 0 Å². The third kappa shape index (κ3) is 4.86. The molecule has 0 saturated carbocycles. The molecule has 1 aromatic rings. The van der Waals surface area contributed by atoms with E-state index in [1.54, 1.807) is 13.2 Å². The highest BCUT2D eigenvalue weighted by atomic mass is 35.5. The van der Waals surface area contributed by atoms with E-state index in [1.807, 2.05) is 18.2 Å². The zero-order chi connectivity index (χ0) is 12.7. The summed E-state index contributed by atoms with van der Waals surface area (Å²) >= 11 is 5.99. The third-order valence-electron chi connectivity index (χ3n) is 2.60. The Morgan fingerprint density at radius 3 is 2.82 bits per heavy atom. The van der Waals surface area contributed by atoms with Gasteiger partial charge in [0.2, 0.25) is 0 Å². The Balaban J connectivity index is 2.46. The number of Topliss-reactive ketones (excluding diaryl/α,β-unsaturated/α-hetero) is 1. The van der Waals surface area contributed by atoms with Crippen LogP contribution in [0, 0.1) is 0 Å². The number of nitrogens with two attached hydrogens (primary N) is 1. The second-order valence-electron chi connectivity index (χ2n) is 3.98. The summed E-state index contributed by atoms with van der Waals surface area (Å²) in [6.07, 6.45) is 1.75. The van der Waals surface area contributed by atoms with Crippen LogP contribution in [-0.2, 0) is 16.0 Å². The summed E-state index contributed by atoms with van der Waals surface area (Å²) in [5, 5.41) is 0.616. The smallest absolute Gasteiger partial charge is 0.153 e. The number of rotatable bonds is 7. The maximum Gasteiger partial charge on any atom is 0.153 e. The lowest BCUT2D eigenvalue weighted by atomic mass is 10.0. The highest BCUT2D eigenvalue weighted by Crippen LogP contribution is 2.16. The van der Waals surface area contributed by atoms with E-state index in [2.05, 4.69) is 0 Å². The van der Waals surface area contributed by atoms with Gasteiger partial charge in [0.25, 0.3) is 0 Å². The fourth-order valence-electron chi connectivity index (χ4n) is 1.57. The van der Waals surface area contributed by atoms with E-state index in [4.69, 9.17) is 22.1 Å². The molecule has 0 radical (unpaired) electrons. The van der Waals surface area contributed by atoms with Gasteiger partial charge in [0.05, 0.1) is 6.04 Å². The first-order valence-corrected chi connectivity index (χ1v) is 6.03. The maximum absolute atomic E-state index is 11.8. The minimum atomic E-state index is -0.429. The molecular weight excluding hydrogens is 238 g/mol. The van der Waals surface area contributed by atoms with Crippen LogP contribution in [0.5, 0.6) is 0 Å². The van der Waals surface area contributed by atoms with Crippen LogP contribution >= 0.6 is 11.6 Å². The van der Waals surface area contributed by atoms with Crippen LogP contribution in [0.2, 0.25) is 5.02 Å². The van der Waals surface area contributed by atoms with E-state index in [0.29, 0.717) is 24.5 Å². The van der Waals surface area contributed by atoms with E-state index in [1.165, 1.54) is 0 Å². The number of hydrogen-bond donors (Lipinski definition) is 1. The van der Waals surface area contributed by atoms with Gasteiger partial charge in [-0.3, -0.25) is 4.79 Å². The van der Waals surface area contributed by atoms with Crippen LogP contribution in [0.25, 0.3) is 0 Å². The first-order chi connectivity index (χ1) is 8.15. The van der Waals surface area contributed by atoms with Crippen LogP contribution in [-0.4, -0.2) is 25.5 Å². The number of carbonyl (C=O) groups excluding carboxylic acids is 1. The van der Waals surface area contributed by atoms with Crippen LogP contribution in [0.4, 0.5) is 0 Å². The SMILES string of the molecule is COCCCC(N)C(=O)Cc1ccccc1Cl. The molecule has 94 valence electrons. The molecule has 0 heterocycles. The first kappa shape index (κ1) is 14.2. The lowest BCUT2D eigenvalue weighted by molar-refractivity contribution is -0.119. The molecule has 0 aliphatic rings. The fourth-order valence-corrected chi connectivity index (χ4v) is 1.77. The Bertz CT molecular complexity index is 368. The quantitative estimate of drug-likeness (QED) is 0.760. The van der Waals surface area contributed by atoms with Gasteiger partial charge in [0.1, 0.15) is 0 Å². The Hall–Kier alpha value is -0.900. The topological polar surface area (TPSA) is 52.3 Å². The summed E-state index contributed by atoms with van der Waals surface area (Å²) in [6.45, 7) is 0.632. The number of benzene rings is 1. The van der Waals surface area contributed by atoms with Crippen molar-refractivity contribution in [1.82, 2.24) is 0 Å². The lowest BCUT2D eigenvalue weighted by Crippen LogP contribution is -2.32. The van der Waals surface area contributed by atoms with Gasteiger partial charge in [-0.1, -0.05) is 29.8 Å². The molecule has 1 rings (SSSR count). The van der Waals surface area contributed by atoms with Gasteiger partial charge in [-0.05, 0) is 24.5 Å². The average Bonchev–Trinajstić information content (AvgIpc) is 2.32. The molecule has 0 aliphatic carbocycles. The van der Waals surface area contributed by atoms with Gasteiger partial charge in [0, 0.05) is 25.2 Å². The normalized spacial score (nSPS) is 12.4. The summed E-state index contributed by atoms with van der Waals surface area (Å²) in [4.78, 5) is 11.8. The first-order valence-electron chi connectivity index (χ1n) is 5.65. The highest BCUT2D eigenvalue weighted by molar-refractivity contribution is 6.31. The number of ketones is 1. The third-order valence-corrected chi connectivity index (χ3v) is 2.97. The Morgan fingerprint density at radius 1 is 1.47 bits per heavy atom. The molecule has 2 N–H and O–H groups in total. The van der Waals surface area contributed by atoms with E-state index < -0.39 is 6.04 Å². The monoisotopic (exact) mass is 255 g/mol. The van der Waals surface area contributed by atoms with Gasteiger partial charge in [-0.25, -0.2) is 0 Å². The molecule has 1 atom stereocenters. The van der Waals surface area contributed by atoms with Crippen LogP contribution < -0.4 is 5.73 Å². The standard InChI is InChI=1S/C13H18ClNO2/c1-17-8-4-7-12(15)13(16)9-10-5-2-3-6-11(10)14/h2-3,5-6,12H,4,7-9,15H2,1H3. The zero-order valence-corrected chi connectivity index (χ0v) is 10.7. The van der Waals surface area contributed by atoms with E-state index >= 15 is 0 Å². The molecule has 0 saturated heterocycles. The molecule has 1 unspecified atom stereocenters. The minimum Gasteiger partial charge on any atom is -0.385 e. The van der Waals surface area contributed by atoms with Crippen LogP contribution in [0.1, 0.15) is 18.4 Å². The van der Waals surface area contributed by atoms with E-state index in [0.717, 1.165) is 12.0 Å². The molecule has 0 bridgehead atoms. The van der Waals surface area contributed by atoms with Crippen molar-refractivity contribution >= 4 is 17.4 Å². The van der Waals surface area contributed by atoms with Crippen molar-refractivity contribution in [2.24, 2.45) is 5.73 Å². The predicted molar refractivity (Wildman–Crippen MR) is 69.2 cm³/mol. The maximum atomic E-state index is 11.8. The summed E-state index contributed by atoms with van der Waals surface area (Å²) < 4.78 is 4.92. The molecule has 3 nitrogen and oxygen atoms in total. The summed E-state index contributed by atoms with van der Waals surface area (Å²) in [5.41, 5.74) is 6.64. The van der Waals surface area contributed by atoms with E-state index in [-0.39, 0.29) is 5.78 Å². The minimum absolute atomic E-state index is 0.0224. The molecule has 4 heteroatoms. The Labute approximate surface area is 107 Å². The highest BCUT2D eigenvalue weighted by Gasteiger charge is 2.14. The second-order valence-corrected chi connectivity index (χ2v) is 4.38. The van der Waals surface area contributed by atoms with Crippen LogP contribution in [0.15, 0.2) is 24.3 Å². The molecule has 0 aromatic heterocycles. The molecule has 0 aliphatic heterocycles. The molecule has 0 spiro atoms. The van der Waals surface area contributed by atoms with Gasteiger partial charge in [-0.15, -0.1) is 0 Å². The Morgan fingerprint density at radius 2 is 2.18 bits per heavy atom. The summed E-state index contributed by atoms with van der Waals surface area (Å²) in [5.74, 6) is 0.0224. The fraction of sp³-hybridized carbons (Fsp3) is 0.462. The van der Waals surface area contributed by atoms with Crippen molar-refractivity contribution in [1.29, 1.82) is 0 Å². The second kappa shape index (κ2) is 7.43.